The van der Waals surface area contributed by atoms with Gasteiger partial charge in [0.1, 0.15) is 11.8 Å². The first kappa shape index (κ1) is 19.7. The zero-order chi connectivity index (χ0) is 19.6. The molecule has 1 fully saturated rings. The predicted octanol–water partition coefficient (Wildman–Crippen LogP) is 3.03. The van der Waals surface area contributed by atoms with Crippen molar-refractivity contribution in [2.24, 2.45) is 0 Å². The van der Waals surface area contributed by atoms with Crippen molar-refractivity contribution >= 4 is 27.7 Å². The van der Waals surface area contributed by atoms with Gasteiger partial charge in [0.2, 0.25) is 5.91 Å². The molecular weight excluding hydrogens is 412 g/mol. The first-order chi connectivity index (χ1) is 12.9. The largest absolute Gasteiger partial charge is 0.454 e. The van der Waals surface area contributed by atoms with E-state index in [0.29, 0.717) is 12.3 Å². The average Bonchev–Trinajstić information content (AvgIpc) is 3.23. The molecule has 1 unspecified atom stereocenters. The molecule has 2 aromatic rings. The number of halogens is 1. The molecule has 1 N–H and O–H groups in total. The Kier molecular flexibility index (Phi) is 6.04. The van der Waals surface area contributed by atoms with Gasteiger partial charge in [0, 0.05) is 13.1 Å². The Morgan fingerprint density at radius 2 is 1.96 bits per heavy atom. The number of nitrogens with one attached hydrogen (secondary N) is 1. The zero-order valence-corrected chi connectivity index (χ0v) is 17.5. The van der Waals surface area contributed by atoms with Gasteiger partial charge in [0.15, 0.2) is 5.76 Å². The summed E-state index contributed by atoms with van der Waals surface area (Å²) in [4.78, 5) is 26.7. The smallest absolute Gasteiger partial charge is 0.287 e. The molecule has 27 heavy (non-hydrogen) atoms. The van der Waals surface area contributed by atoms with E-state index in [0.717, 1.165) is 48.2 Å². The second kappa shape index (κ2) is 8.29. The van der Waals surface area contributed by atoms with Crippen molar-refractivity contribution in [2.45, 2.75) is 52.6 Å². The second-order valence-corrected chi connectivity index (χ2v) is 7.78. The van der Waals surface area contributed by atoms with Gasteiger partial charge >= 0.3 is 0 Å². The molecule has 0 aromatic carbocycles. The maximum Gasteiger partial charge on any atom is 0.287 e. The van der Waals surface area contributed by atoms with Crippen molar-refractivity contribution in [1.29, 1.82) is 0 Å². The van der Waals surface area contributed by atoms with Crippen molar-refractivity contribution in [3.63, 3.8) is 0 Å². The molecule has 1 aliphatic rings. The summed E-state index contributed by atoms with van der Waals surface area (Å²) in [6.07, 6.45) is 3.21. The summed E-state index contributed by atoms with van der Waals surface area (Å²) in [5.41, 5.74) is 1.90. The van der Waals surface area contributed by atoms with Crippen LogP contribution in [0.4, 0.5) is 0 Å². The summed E-state index contributed by atoms with van der Waals surface area (Å²) < 4.78 is 8.46. The monoisotopic (exact) mass is 436 g/mol. The number of carbonyl (C=O) groups excluding carboxylic acids is 2. The number of furan rings is 1. The molecule has 1 saturated heterocycles. The van der Waals surface area contributed by atoms with Gasteiger partial charge in [-0.05, 0) is 68.1 Å². The van der Waals surface area contributed by atoms with Gasteiger partial charge in [0.05, 0.1) is 22.4 Å². The Morgan fingerprint density at radius 1 is 1.26 bits per heavy atom. The lowest BCUT2D eigenvalue weighted by Gasteiger charge is -2.29. The SMILES string of the molecule is Cc1nn(Cc2ccc(C(=O)NC(C)C(=O)N3CCCCC3)o2)c(C)c1Br. The van der Waals surface area contributed by atoms with Gasteiger partial charge in [0.25, 0.3) is 5.91 Å². The van der Waals surface area contributed by atoms with Crippen molar-refractivity contribution in [3.8, 4) is 0 Å². The molecule has 0 saturated carbocycles. The summed E-state index contributed by atoms with van der Waals surface area (Å²) in [5.74, 6) is 0.410. The van der Waals surface area contributed by atoms with Crippen molar-refractivity contribution in [2.75, 3.05) is 13.1 Å². The van der Waals surface area contributed by atoms with Gasteiger partial charge < -0.3 is 14.6 Å². The maximum atomic E-state index is 12.4. The molecule has 2 amide bonds. The molecule has 3 heterocycles. The van der Waals surface area contributed by atoms with Crippen LogP contribution >= 0.6 is 15.9 Å². The minimum absolute atomic E-state index is 0.0395. The number of piperidine rings is 1. The first-order valence-electron chi connectivity index (χ1n) is 9.24. The zero-order valence-electron chi connectivity index (χ0n) is 15.9. The Balaban J connectivity index is 1.60. The molecule has 2 aromatic heterocycles. The topological polar surface area (TPSA) is 80.4 Å². The molecule has 0 aliphatic carbocycles. The van der Waals surface area contributed by atoms with Crippen LogP contribution in [0.5, 0.6) is 0 Å². The second-order valence-electron chi connectivity index (χ2n) is 6.99. The predicted molar refractivity (Wildman–Crippen MR) is 105 cm³/mol. The molecule has 0 spiro atoms. The van der Waals surface area contributed by atoms with E-state index in [1.54, 1.807) is 19.1 Å². The van der Waals surface area contributed by atoms with E-state index in [4.69, 9.17) is 4.42 Å². The van der Waals surface area contributed by atoms with Gasteiger partial charge in [-0.15, -0.1) is 0 Å². The van der Waals surface area contributed by atoms with Crippen LogP contribution in [0.2, 0.25) is 0 Å². The lowest BCUT2D eigenvalue weighted by Crippen LogP contribution is -2.48. The molecule has 146 valence electrons. The van der Waals surface area contributed by atoms with E-state index in [9.17, 15) is 9.59 Å². The van der Waals surface area contributed by atoms with Crippen LogP contribution in [0, 0.1) is 13.8 Å². The molecule has 1 aliphatic heterocycles. The van der Waals surface area contributed by atoms with E-state index in [-0.39, 0.29) is 17.6 Å². The average molecular weight is 437 g/mol. The number of aromatic nitrogens is 2. The molecule has 1 atom stereocenters. The highest BCUT2D eigenvalue weighted by atomic mass is 79.9. The van der Waals surface area contributed by atoms with Crippen LogP contribution < -0.4 is 5.32 Å². The van der Waals surface area contributed by atoms with Crippen LogP contribution in [-0.2, 0) is 11.3 Å². The van der Waals surface area contributed by atoms with Gasteiger partial charge in [-0.25, -0.2) is 0 Å². The van der Waals surface area contributed by atoms with Crippen LogP contribution in [0.15, 0.2) is 21.0 Å². The van der Waals surface area contributed by atoms with E-state index in [2.05, 4.69) is 26.3 Å². The number of amides is 2. The summed E-state index contributed by atoms with van der Waals surface area (Å²) in [6, 6.07) is 2.82. The van der Waals surface area contributed by atoms with E-state index >= 15 is 0 Å². The fourth-order valence-corrected chi connectivity index (χ4v) is 3.56. The van der Waals surface area contributed by atoms with Crippen LogP contribution in [0.1, 0.15) is 53.9 Å². The van der Waals surface area contributed by atoms with Crippen molar-refractivity contribution in [1.82, 2.24) is 20.0 Å². The summed E-state index contributed by atoms with van der Waals surface area (Å²) in [5, 5.41) is 7.18. The Bertz CT molecular complexity index is 836. The lowest BCUT2D eigenvalue weighted by molar-refractivity contribution is -0.133. The Labute approximate surface area is 167 Å². The number of carbonyl (C=O) groups is 2. The molecule has 7 nitrogen and oxygen atoms in total. The molecule has 0 radical (unpaired) electrons. The maximum absolute atomic E-state index is 12.4. The summed E-state index contributed by atoms with van der Waals surface area (Å²) in [7, 11) is 0. The molecule has 8 heteroatoms. The molecule has 0 bridgehead atoms. The van der Waals surface area contributed by atoms with E-state index < -0.39 is 6.04 Å². The third kappa shape index (κ3) is 4.43. The van der Waals surface area contributed by atoms with Crippen LogP contribution in [0.3, 0.4) is 0 Å². The van der Waals surface area contributed by atoms with Crippen LogP contribution in [-0.4, -0.2) is 45.6 Å². The molecule has 3 rings (SSSR count). The number of rotatable bonds is 5. The number of hydrogen-bond donors (Lipinski definition) is 1. The standard InChI is InChI=1S/C19H25BrN4O3/c1-12-17(20)14(3)24(22-12)11-15-7-8-16(27-15)18(25)21-13(2)19(26)23-9-5-4-6-10-23/h7-8,13H,4-6,9-11H2,1-3H3,(H,21,25). The first-order valence-corrected chi connectivity index (χ1v) is 10.0. The number of hydrogen-bond acceptors (Lipinski definition) is 4. The number of aryl methyl sites for hydroxylation is 1. The fraction of sp³-hybridized carbons (Fsp3) is 0.526. The quantitative estimate of drug-likeness (QED) is 0.780. The third-order valence-electron chi connectivity index (χ3n) is 4.87. The normalized spacial score (nSPS) is 15.6. The Hall–Kier alpha value is -2.09. The highest BCUT2D eigenvalue weighted by Crippen LogP contribution is 2.21. The number of likely N-dealkylation sites (tertiary alicyclic amines) is 1. The summed E-state index contributed by atoms with van der Waals surface area (Å²) >= 11 is 3.50. The van der Waals surface area contributed by atoms with Gasteiger partial charge in [-0.3, -0.25) is 14.3 Å². The minimum atomic E-state index is -0.573. The summed E-state index contributed by atoms with van der Waals surface area (Å²) in [6.45, 7) is 7.58. The molecular formula is C19H25BrN4O3. The van der Waals surface area contributed by atoms with E-state index in [1.807, 2.05) is 23.4 Å². The minimum Gasteiger partial charge on any atom is -0.454 e. The highest BCUT2D eigenvalue weighted by molar-refractivity contribution is 9.10. The van der Waals surface area contributed by atoms with Crippen LogP contribution in [0.25, 0.3) is 0 Å². The van der Waals surface area contributed by atoms with Crippen molar-refractivity contribution < 1.29 is 14.0 Å². The van der Waals surface area contributed by atoms with Gasteiger partial charge in [-0.1, -0.05) is 0 Å². The lowest BCUT2D eigenvalue weighted by atomic mass is 10.1. The number of nitrogens with zero attached hydrogens (tertiary/aromatic N) is 3. The Morgan fingerprint density at radius 3 is 2.59 bits per heavy atom. The van der Waals surface area contributed by atoms with Crippen molar-refractivity contribution in [3.05, 3.63) is 39.5 Å². The van der Waals surface area contributed by atoms with Gasteiger partial charge in [-0.2, -0.15) is 5.10 Å². The fourth-order valence-electron chi connectivity index (χ4n) is 3.28. The van der Waals surface area contributed by atoms with E-state index in [1.165, 1.54) is 0 Å². The third-order valence-corrected chi connectivity index (χ3v) is 6.02. The highest BCUT2D eigenvalue weighted by Gasteiger charge is 2.24.